The lowest BCUT2D eigenvalue weighted by Crippen LogP contribution is -2.39. The predicted molar refractivity (Wildman–Crippen MR) is 253 cm³/mol. The number of halogens is 3. The number of para-hydroxylation sites is 1. The third-order valence-electron chi connectivity index (χ3n) is 12.2. The Morgan fingerprint density at radius 3 is 1.81 bits per heavy atom. The van der Waals surface area contributed by atoms with Crippen molar-refractivity contribution in [3.8, 4) is 0 Å². The quantitative estimate of drug-likeness (QED) is 0.102. The molecule has 2 aliphatic heterocycles. The van der Waals surface area contributed by atoms with Crippen LogP contribution in [0, 0.1) is 25.5 Å². The second-order valence-electron chi connectivity index (χ2n) is 17.9. The van der Waals surface area contributed by atoms with Gasteiger partial charge in [-0.1, -0.05) is 24.1 Å². The minimum atomic E-state index is -3.82. The highest BCUT2D eigenvalue weighted by atomic mass is 35.5. The third-order valence-corrected chi connectivity index (χ3v) is 13.5. The molecule has 1 amide bonds. The summed E-state index contributed by atoms with van der Waals surface area (Å²) in [6, 6.07) is 13.9. The van der Waals surface area contributed by atoms with E-state index in [1.165, 1.54) is 55.6 Å². The zero-order valence-electron chi connectivity index (χ0n) is 38.0. The van der Waals surface area contributed by atoms with Gasteiger partial charge in [0.2, 0.25) is 20.0 Å². The van der Waals surface area contributed by atoms with Gasteiger partial charge in [0.1, 0.15) is 11.6 Å². The van der Waals surface area contributed by atoms with Crippen molar-refractivity contribution in [1.82, 2.24) is 39.4 Å². The molecule has 68 heavy (non-hydrogen) atoms. The van der Waals surface area contributed by atoms with Gasteiger partial charge in [-0.15, -0.1) is 0 Å². The second-order valence-corrected chi connectivity index (χ2v) is 21.8. The van der Waals surface area contributed by atoms with E-state index in [4.69, 9.17) is 36.9 Å². The van der Waals surface area contributed by atoms with Crippen LogP contribution in [0.15, 0.2) is 54.6 Å². The average molecular weight is 996 g/mol. The minimum absolute atomic E-state index is 0.00798. The zero-order valence-corrected chi connectivity index (χ0v) is 40.4. The largest absolute Gasteiger partial charge is 0.478 e. The molecule has 2 aliphatic carbocycles. The molecule has 4 aromatic heterocycles. The summed E-state index contributed by atoms with van der Waals surface area (Å²) in [7, 11) is -7.53. The fraction of sp³-hybridized carbons (Fsp3) is 0.435. The summed E-state index contributed by atoms with van der Waals surface area (Å²) in [5, 5.41) is 21.8. The molecule has 2 aromatic carbocycles. The highest BCUT2D eigenvalue weighted by Crippen LogP contribution is 2.41. The van der Waals surface area contributed by atoms with Crippen LogP contribution < -0.4 is 14.8 Å². The molecule has 4 fully saturated rings. The monoisotopic (exact) mass is 994 g/mol. The number of anilines is 2. The summed E-state index contributed by atoms with van der Waals surface area (Å²) < 4.78 is 80.9. The number of aryl methyl sites for hydroxylation is 2. The van der Waals surface area contributed by atoms with Gasteiger partial charge in [-0.25, -0.2) is 49.4 Å². The molecule has 6 heterocycles. The van der Waals surface area contributed by atoms with Crippen molar-refractivity contribution in [2.45, 2.75) is 102 Å². The van der Waals surface area contributed by atoms with Crippen molar-refractivity contribution in [2.75, 3.05) is 35.0 Å². The number of benzene rings is 2. The molecule has 2 saturated carbocycles. The Hall–Kier alpha value is -5.77. The van der Waals surface area contributed by atoms with Crippen molar-refractivity contribution in [2.24, 2.45) is 0 Å². The van der Waals surface area contributed by atoms with Gasteiger partial charge < -0.3 is 15.3 Å². The molecule has 2 saturated heterocycles. The highest BCUT2D eigenvalue weighted by molar-refractivity contribution is 7.92. The van der Waals surface area contributed by atoms with Crippen LogP contribution in [0.2, 0.25) is 5.02 Å². The van der Waals surface area contributed by atoms with Crippen LogP contribution in [0.25, 0.3) is 11.3 Å². The summed E-state index contributed by atoms with van der Waals surface area (Å²) >= 11 is 6.03. The Bertz CT molecular complexity index is 3140. The molecule has 17 nitrogen and oxygen atoms in total. The summed E-state index contributed by atoms with van der Waals surface area (Å²) in [6.07, 6.45) is 12.7. The van der Waals surface area contributed by atoms with Gasteiger partial charge in [-0.2, -0.15) is 10.2 Å². The Kier molecular flexibility index (Phi) is 14.1. The lowest BCUT2D eigenvalue weighted by molar-refractivity contribution is 0.0605. The minimum Gasteiger partial charge on any atom is -0.478 e. The number of amides is 1. The maximum atomic E-state index is 14.7. The van der Waals surface area contributed by atoms with E-state index in [1.807, 2.05) is 22.2 Å². The normalized spacial score (nSPS) is 18.6. The number of hydrogen-bond donors (Lipinski definition) is 4. The number of carbonyl (C=O) groups excluding carboxylic acids is 1. The number of fused-ring (bicyclic) bond motifs is 2. The first-order chi connectivity index (χ1) is 32.2. The second kappa shape index (κ2) is 19.7. The van der Waals surface area contributed by atoms with E-state index in [0.717, 1.165) is 91.3 Å². The molecule has 22 heteroatoms. The molecular formula is C46H53ClF2N10O7S2. The van der Waals surface area contributed by atoms with Crippen LogP contribution in [-0.4, -0.2) is 93.5 Å². The van der Waals surface area contributed by atoms with Gasteiger partial charge in [0.15, 0.2) is 11.3 Å². The van der Waals surface area contributed by atoms with Crippen LogP contribution in [0.4, 0.5) is 20.2 Å². The first kappa shape index (κ1) is 48.7. The van der Waals surface area contributed by atoms with Crippen molar-refractivity contribution in [3.63, 3.8) is 0 Å². The molecule has 6 aromatic rings. The smallest absolute Gasteiger partial charge is 0.337 e. The predicted octanol–water partition coefficient (Wildman–Crippen LogP) is 8.07. The van der Waals surface area contributed by atoms with E-state index in [1.54, 1.807) is 9.42 Å². The fourth-order valence-corrected chi connectivity index (χ4v) is 9.97. The van der Waals surface area contributed by atoms with Gasteiger partial charge >= 0.3 is 5.97 Å². The maximum Gasteiger partial charge on any atom is 0.337 e. The molecule has 4 aliphatic rings. The Morgan fingerprint density at radius 2 is 1.26 bits per heavy atom. The molecule has 4 N–H and O–H groups in total. The highest BCUT2D eigenvalue weighted by Gasteiger charge is 2.34. The van der Waals surface area contributed by atoms with Crippen molar-refractivity contribution in [3.05, 3.63) is 117 Å². The molecule has 0 unspecified atom stereocenters. The van der Waals surface area contributed by atoms with Gasteiger partial charge in [-0.05, 0) is 115 Å². The number of nitrogens with one attached hydrogen (secondary N) is 3. The lowest BCUT2D eigenvalue weighted by Gasteiger charge is -2.35. The first-order valence-corrected chi connectivity index (χ1v) is 26.6. The number of piperidine rings is 2. The average Bonchev–Trinajstić information content (AvgIpc) is 4.22. The number of carboxylic acids is 1. The van der Waals surface area contributed by atoms with Crippen molar-refractivity contribution in [1.29, 1.82) is 0 Å². The van der Waals surface area contributed by atoms with Gasteiger partial charge in [0.05, 0.1) is 58.5 Å². The van der Waals surface area contributed by atoms with Crippen LogP contribution >= 0.6 is 11.6 Å². The molecule has 10 rings (SSSR count). The van der Waals surface area contributed by atoms with Crippen LogP contribution in [0.5, 0.6) is 0 Å². The van der Waals surface area contributed by atoms with Crippen LogP contribution in [-0.2, 0) is 20.0 Å². The number of rotatable bonds is 10. The Morgan fingerprint density at radius 1 is 0.706 bits per heavy atom. The Labute approximate surface area is 397 Å². The summed E-state index contributed by atoms with van der Waals surface area (Å²) in [6.45, 7) is 5.66. The lowest BCUT2D eigenvalue weighted by atomic mass is 9.98. The number of sulfonamides is 2. The number of carboxylic acid groups (broad SMARTS) is 1. The van der Waals surface area contributed by atoms with Crippen molar-refractivity contribution < 1.29 is 40.3 Å². The van der Waals surface area contributed by atoms with Gasteiger partial charge in [0, 0.05) is 58.3 Å². The SMILES string of the molecule is CS(=O)(=O)Nc1c(F)cccc1C(=O)O.Cc1cc(C2CC2)nc2cc([C@@H]3CCCCN3)nn12.Cc1cc(C2CC2)nc2cc([C@@H]3CCCCN3C(=O)c3cc(Cl)cc(F)c3NS(C)(=O)=O)nn12. The van der Waals surface area contributed by atoms with Crippen molar-refractivity contribution >= 4 is 66.2 Å². The summed E-state index contributed by atoms with van der Waals surface area (Å²) in [5.41, 5.74) is 6.61. The van der Waals surface area contributed by atoms with Gasteiger partial charge in [-0.3, -0.25) is 14.2 Å². The number of aromatic carboxylic acids is 1. The number of aromatic nitrogens is 6. The van der Waals surface area contributed by atoms with E-state index in [0.29, 0.717) is 36.5 Å². The van der Waals surface area contributed by atoms with E-state index in [2.05, 4.69) is 35.2 Å². The van der Waals surface area contributed by atoms with E-state index in [9.17, 15) is 35.2 Å². The number of hydrogen-bond acceptors (Lipinski definition) is 11. The Balaban J connectivity index is 0.000000154. The van der Waals surface area contributed by atoms with E-state index < -0.39 is 60.5 Å². The molecule has 2 atom stereocenters. The third kappa shape index (κ3) is 11.6. The molecule has 0 radical (unpaired) electrons. The molecule has 362 valence electrons. The van der Waals surface area contributed by atoms with Crippen LogP contribution in [0.3, 0.4) is 0 Å². The van der Waals surface area contributed by atoms with E-state index >= 15 is 0 Å². The number of carbonyl (C=O) groups is 2. The summed E-state index contributed by atoms with van der Waals surface area (Å²) in [5.74, 6) is -2.53. The van der Waals surface area contributed by atoms with Gasteiger partial charge in [0.25, 0.3) is 5.91 Å². The molecular weight excluding hydrogens is 942 g/mol. The van der Waals surface area contributed by atoms with Crippen LogP contribution in [0.1, 0.15) is 143 Å². The topological polar surface area (TPSA) is 222 Å². The van der Waals surface area contributed by atoms with E-state index in [-0.39, 0.29) is 16.6 Å². The standard InChI is InChI=1S/C23H25ClFN5O3S.C15H20N4.C8H8FNO4S/c1-13-9-18(14-6-7-14)26-21-12-19(27-30(13)21)20-5-3-4-8-29(20)23(31)16-10-15(24)11-17(25)22(16)28-34(2,32)33;1-10-8-13(11-5-6-11)17-15-9-14(18-19(10)15)12-4-2-3-7-16-12;1-15(13,14)10-7-5(8(11)12)3-2-4-6(7)9/h9-12,14,20,28H,3-8H2,1-2H3;8-9,11-12,16H,2-7H2,1H3;2-4,10H,1H3,(H,11,12)/t20-;12-;/m00./s1. The summed E-state index contributed by atoms with van der Waals surface area (Å²) in [4.78, 5) is 35.5. The number of likely N-dealkylation sites (tertiary alicyclic amines) is 1. The zero-order chi connectivity index (χ0) is 48.7. The first-order valence-electron chi connectivity index (χ1n) is 22.5. The molecule has 0 spiro atoms. The molecule has 0 bridgehead atoms. The number of nitrogens with zero attached hydrogens (tertiary/aromatic N) is 7. The fourth-order valence-electron chi connectivity index (χ4n) is 8.61. The maximum absolute atomic E-state index is 14.7.